The maximum Gasteiger partial charge on any atom is 0.237 e. The van der Waals surface area contributed by atoms with Crippen LogP contribution in [0.4, 0.5) is 0 Å². The molecule has 0 saturated carbocycles. The van der Waals surface area contributed by atoms with Gasteiger partial charge >= 0.3 is 0 Å². The van der Waals surface area contributed by atoms with Gasteiger partial charge in [0.1, 0.15) is 0 Å². The van der Waals surface area contributed by atoms with Crippen LogP contribution >= 0.6 is 0 Å². The van der Waals surface area contributed by atoms with E-state index in [4.69, 9.17) is 11.5 Å². The number of amides is 2. The van der Waals surface area contributed by atoms with Crippen LogP contribution in [0.15, 0.2) is 0 Å². The van der Waals surface area contributed by atoms with E-state index in [0.29, 0.717) is 6.54 Å². The van der Waals surface area contributed by atoms with E-state index in [1.54, 1.807) is 0 Å². The van der Waals surface area contributed by atoms with Crippen molar-refractivity contribution >= 4 is 11.8 Å². The zero-order valence-electron chi connectivity index (χ0n) is 11.2. The van der Waals surface area contributed by atoms with Crippen LogP contribution in [0.2, 0.25) is 0 Å². The fourth-order valence-corrected chi connectivity index (χ4v) is 2.08. The van der Waals surface area contributed by atoms with Crippen LogP contribution in [0.1, 0.15) is 26.2 Å². The number of carbonyl (C=O) groups excluding carboxylic acids is 2. The van der Waals surface area contributed by atoms with Gasteiger partial charge in [-0.3, -0.25) is 9.59 Å². The first-order valence-electron chi connectivity index (χ1n) is 6.32. The number of primary amides is 1. The lowest BCUT2D eigenvalue weighted by Crippen LogP contribution is -2.48. The highest BCUT2D eigenvalue weighted by Gasteiger charge is 2.29. The summed E-state index contributed by atoms with van der Waals surface area (Å²) < 4.78 is 0. The standard InChI is InChI=1S/C12H24N4O2/c1-12(3-5-16(2)6-4-12)8-15-11(18)9(13)7-10(14)17/h9H,3-8,13H2,1-2H3,(H2,14,17)(H,15,18). The molecule has 1 rings (SSSR count). The minimum absolute atomic E-state index is 0.106. The van der Waals surface area contributed by atoms with Gasteiger partial charge < -0.3 is 21.7 Å². The van der Waals surface area contributed by atoms with E-state index < -0.39 is 11.9 Å². The molecule has 5 N–H and O–H groups in total. The Bertz CT molecular complexity index is 311. The summed E-state index contributed by atoms with van der Waals surface area (Å²) in [6.45, 7) is 4.85. The number of hydrogen-bond donors (Lipinski definition) is 3. The van der Waals surface area contributed by atoms with E-state index in [2.05, 4.69) is 24.2 Å². The van der Waals surface area contributed by atoms with Crippen LogP contribution in [-0.2, 0) is 9.59 Å². The second-order valence-corrected chi connectivity index (χ2v) is 5.61. The highest BCUT2D eigenvalue weighted by Crippen LogP contribution is 2.29. The Morgan fingerprint density at radius 2 is 1.94 bits per heavy atom. The number of carbonyl (C=O) groups is 2. The molecule has 0 aromatic carbocycles. The van der Waals surface area contributed by atoms with Crippen LogP contribution in [0.5, 0.6) is 0 Å². The van der Waals surface area contributed by atoms with Crippen molar-refractivity contribution < 1.29 is 9.59 Å². The molecule has 18 heavy (non-hydrogen) atoms. The molecule has 6 nitrogen and oxygen atoms in total. The molecule has 0 spiro atoms. The Morgan fingerprint density at radius 1 is 1.39 bits per heavy atom. The van der Waals surface area contributed by atoms with Gasteiger partial charge in [-0.15, -0.1) is 0 Å². The maximum absolute atomic E-state index is 11.7. The average Bonchev–Trinajstić information content (AvgIpc) is 2.29. The fraction of sp³-hybridized carbons (Fsp3) is 0.833. The minimum atomic E-state index is -0.836. The molecule has 1 fully saturated rings. The van der Waals surface area contributed by atoms with E-state index in [0.717, 1.165) is 25.9 Å². The van der Waals surface area contributed by atoms with E-state index in [9.17, 15) is 9.59 Å². The van der Waals surface area contributed by atoms with Gasteiger partial charge in [-0.2, -0.15) is 0 Å². The Balaban J connectivity index is 2.35. The summed E-state index contributed by atoms with van der Waals surface area (Å²) in [5.41, 5.74) is 10.7. The topological polar surface area (TPSA) is 101 Å². The minimum Gasteiger partial charge on any atom is -0.370 e. The molecule has 1 atom stereocenters. The highest BCUT2D eigenvalue weighted by molar-refractivity contribution is 5.87. The number of nitrogens with one attached hydrogen (secondary N) is 1. The van der Waals surface area contributed by atoms with Crippen molar-refractivity contribution in [3.05, 3.63) is 0 Å². The van der Waals surface area contributed by atoms with E-state index in [1.165, 1.54) is 0 Å². The van der Waals surface area contributed by atoms with Gasteiger partial charge in [-0.25, -0.2) is 0 Å². The SMILES string of the molecule is CN1CCC(C)(CNC(=O)C(N)CC(N)=O)CC1. The van der Waals surface area contributed by atoms with E-state index in [1.807, 2.05) is 0 Å². The summed E-state index contributed by atoms with van der Waals surface area (Å²) >= 11 is 0. The summed E-state index contributed by atoms with van der Waals surface area (Å²) in [7, 11) is 2.10. The molecule has 6 heteroatoms. The summed E-state index contributed by atoms with van der Waals surface area (Å²) in [6.07, 6.45) is 2.00. The second-order valence-electron chi connectivity index (χ2n) is 5.61. The quantitative estimate of drug-likeness (QED) is 0.589. The molecule has 2 amide bonds. The molecule has 1 heterocycles. The van der Waals surface area contributed by atoms with Crippen LogP contribution in [0.3, 0.4) is 0 Å². The lowest BCUT2D eigenvalue weighted by atomic mass is 9.80. The molecule has 1 unspecified atom stereocenters. The molecule has 0 aromatic rings. The van der Waals surface area contributed by atoms with Crippen molar-refractivity contribution in [1.82, 2.24) is 10.2 Å². The summed E-state index contributed by atoms with van der Waals surface area (Å²) in [6, 6.07) is -0.836. The van der Waals surface area contributed by atoms with Crippen LogP contribution in [-0.4, -0.2) is 49.4 Å². The molecule has 1 saturated heterocycles. The molecule has 0 radical (unpaired) electrons. The van der Waals surface area contributed by atoms with Gasteiger partial charge in [0.25, 0.3) is 0 Å². The first kappa shape index (κ1) is 14.9. The lowest BCUT2D eigenvalue weighted by Gasteiger charge is -2.38. The van der Waals surface area contributed by atoms with Crippen LogP contribution in [0, 0.1) is 5.41 Å². The highest BCUT2D eigenvalue weighted by atomic mass is 16.2. The molecular weight excluding hydrogens is 232 g/mol. The maximum atomic E-state index is 11.7. The predicted molar refractivity (Wildman–Crippen MR) is 69.6 cm³/mol. The summed E-state index contributed by atoms with van der Waals surface area (Å²) in [5.74, 6) is -0.850. The predicted octanol–water partition coefficient (Wildman–Crippen LogP) is -0.963. The van der Waals surface area contributed by atoms with Gasteiger partial charge in [0.15, 0.2) is 0 Å². The number of likely N-dealkylation sites (tertiary alicyclic amines) is 1. The number of nitrogens with zero attached hydrogens (tertiary/aromatic N) is 1. The van der Waals surface area contributed by atoms with Crippen LogP contribution in [0.25, 0.3) is 0 Å². The zero-order chi connectivity index (χ0) is 13.8. The molecule has 1 aliphatic heterocycles. The van der Waals surface area contributed by atoms with E-state index in [-0.39, 0.29) is 17.7 Å². The van der Waals surface area contributed by atoms with Crippen molar-refractivity contribution in [2.75, 3.05) is 26.7 Å². The van der Waals surface area contributed by atoms with E-state index >= 15 is 0 Å². The first-order valence-corrected chi connectivity index (χ1v) is 6.32. The van der Waals surface area contributed by atoms with Gasteiger partial charge in [0, 0.05) is 6.54 Å². The number of piperidine rings is 1. The molecule has 0 aliphatic carbocycles. The Kier molecular flexibility index (Phi) is 5.10. The third kappa shape index (κ3) is 4.62. The average molecular weight is 256 g/mol. The molecular formula is C12H24N4O2. The Morgan fingerprint density at radius 3 is 2.44 bits per heavy atom. The molecule has 1 aliphatic rings. The number of rotatable bonds is 5. The van der Waals surface area contributed by atoms with Gasteiger partial charge in [0.2, 0.25) is 11.8 Å². The fourth-order valence-electron chi connectivity index (χ4n) is 2.08. The molecule has 104 valence electrons. The molecule has 0 bridgehead atoms. The normalized spacial score (nSPS) is 21.3. The lowest BCUT2D eigenvalue weighted by molar-refractivity contribution is -0.126. The van der Waals surface area contributed by atoms with Crippen LogP contribution < -0.4 is 16.8 Å². The first-order chi connectivity index (χ1) is 8.32. The molecule has 0 aromatic heterocycles. The largest absolute Gasteiger partial charge is 0.370 e. The summed E-state index contributed by atoms with van der Waals surface area (Å²) in [4.78, 5) is 24.6. The summed E-state index contributed by atoms with van der Waals surface area (Å²) in [5, 5.41) is 2.82. The third-order valence-corrected chi connectivity index (χ3v) is 3.64. The number of hydrogen-bond acceptors (Lipinski definition) is 4. The Labute approximate surface area is 108 Å². The monoisotopic (exact) mass is 256 g/mol. The van der Waals surface area contributed by atoms with Crippen molar-refractivity contribution in [3.8, 4) is 0 Å². The van der Waals surface area contributed by atoms with Crippen molar-refractivity contribution in [3.63, 3.8) is 0 Å². The Hall–Kier alpha value is -1.14. The zero-order valence-corrected chi connectivity index (χ0v) is 11.2. The number of nitrogens with two attached hydrogens (primary N) is 2. The van der Waals surface area contributed by atoms with Crippen molar-refractivity contribution in [2.24, 2.45) is 16.9 Å². The van der Waals surface area contributed by atoms with Gasteiger partial charge in [0.05, 0.1) is 12.5 Å². The third-order valence-electron chi connectivity index (χ3n) is 3.64. The van der Waals surface area contributed by atoms with Crippen molar-refractivity contribution in [2.45, 2.75) is 32.2 Å². The van der Waals surface area contributed by atoms with Gasteiger partial charge in [-0.05, 0) is 38.4 Å². The van der Waals surface area contributed by atoms with Gasteiger partial charge in [-0.1, -0.05) is 6.92 Å². The smallest absolute Gasteiger partial charge is 0.237 e. The van der Waals surface area contributed by atoms with Crippen molar-refractivity contribution in [1.29, 1.82) is 0 Å². The second kappa shape index (κ2) is 6.15.